The topological polar surface area (TPSA) is 30.3 Å². The summed E-state index contributed by atoms with van der Waals surface area (Å²) in [7, 11) is 0. The Morgan fingerprint density at radius 3 is 2.23 bits per heavy atom. The van der Waals surface area contributed by atoms with Crippen LogP contribution in [0.3, 0.4) is 0 Å². The first-order valence-electron chi connectivity index (χ1n) is 10.1. The highest BCUT2D eigenvalue weighted by atomic mass is 19.4. The summed E-state index contributed by atoms with van der Waals surface area (Å²) in [6.45, 7) is 5.30. The highest BCUT2D eigenvalue weighted by Crippen LogP contribution is 2.35. The summed E-state index contributed by atoms with van der Waals surface area (Å²) in [5.74, 6) is 0. The van der Waals surface area contributed by atoms with Gasteiger partial charge in [0.05, 0.1) is 24.5 Å². The third kappa shape index (κ3) is 4.74. The number of pyridine rings is 1. The molecule has 0 radical (unpaired) electrons. The van der Waals surface area contributed by atoms with Gasteiger partial charge in [-0.25, -0.2) is 0 Å². The second-order valence-electron chi connectivity index (χ2n) is 7.39. The van der Waals surface area contributed by atoms with Gasteiger partial charge in [0.15, 0.2) is 0 Å². The molecule has 1 aliphatic rings. The van der Waals surface area contributed by atoms with Gasteiger partial charge in [0.2, 0.25) is 0 Å². The quantitative estimate of drug-likeness (QED) is 0.570. The van der Waals surface area contributed by atoms with Crippen LogP contribution in [0.1, 0.15) is 12.0 Å². The first-order valence-corrected chi connectivity index (χ1v) is 10.1. The van der Waals surface area contributed by atoms with Crippen molar-refractivity contribution in [2.75, 3.05) is 32.8 Å². The average molecular weight is 415 g/mol. The molecule has 4 rings (SSSR count). The Balaban J connectivity index is 1.59. The van der Waals surface area contributed by atoms with Crippen LogP contribution in [0.4, 0.5) is 13.2 Å². The van der Waals surface area contributed by atoms with Gasteiger partial charge in [-0.15, -0.1) is 0 Å². The monoisotopic (exact) mass is 415 g/mol. The second kappa shape index (κ2) is 9.02. The molecule has 4 nitrogen and oxygen atoms in total. The summed E-state index contributed by atoms with van der Waals surface area (Å²) in [6, 6.07) is 11.2. The van der Waals surface area contributed by atoms with Crippen LogP contribution in [0, 0.1) is 0 Å². The largest absolute Gasteiger partial charge is 0.416 e. The maximum atomic E-state index is 12.9. The Labute approximate surface area is 173 Å². The molecule has 30 heavy (non-hydrogen) atoms. The Morgan fingerprint density at radius 1 is 0.867 bits per heavy atom. The van der Waals surface area contributed by atoms with Gasteiger partial charge in [0, 0.05) is 55.9 Å². The SMILES string of the molecule is FC(F)(F)c1ccc(-c2ccn(CCCN3CCOCC3)c2-c2ccncc2)cc1. The minimum atomic E-state index is -4.34. The van der Waals surface area contributed by atoms with Crippen molar-refractivity contribution >= 4 is 0 Å². The maximum absolute atomic E-state index is 12.9. The molecule has 0 bridgehead atoms. The van der Waals surface area contributed by atoms with Crippen LogP contribution in [-0.2, 0) is 17.5 Å². The van der Waals surface area contributed by atoms with Crippen LogP contribution < -0.4 is 0 Å². The maximum Gasteiger partial charge on any atom is 0.416 e. The number of morpholine rings is 1. The summed E-state index contributed by atoms with van der Waals surface area (Å²) in [4.78, 5) is 6.50. The lowest BCUT2D eigenvalue weighted by atomic mass is 10.0. The van der Waals surface area contributed by atoms with Crippen molar-refractivity contribution in [1.29, 1.82) is 0 Å². The van der Waals surface area contributed by atoms with Gasteiger partial charge in [0.25, 0.3) is 0 Å². The fourth-order valence-corrected chi connectivity index (χ4v) is 3.85. The number of benzene rings is 1. The molecule has 1 aliphatic heterocycles. The second-order valence-corrected chi connectivity index (χ2v) is 7.39. The third-order valence-corrected chi connectivity index (χ3v) is 5.42. The molecule has 0 amide bonds. The Morgan fingerprint density at radius 2 is 1.57 bits per heavy atom. The number of alkyl halides is 3. The zero-order valence-electron chi connectivity index (χ0n) is 16.6. The smallest absolute Gasteiger partial charge is 0.379 e. The summed E-state index contributed by atoms with van der Waals surface area (Å²) in [6.07, 6.45) is 2.13. The number of rotatable bonds is 6. The summed E-state index contributed by atoms with van der Waals surface area (Å²) in [5, 5.41) is 0. The highest BCUT2D eigenvalue weighted by molar-refractivity contribution is 5.81. The lowest BCUT2D eigenvalue weighted by molar-refractivity contribution is -0.137. The van der Waals surface area contributed by atoms with Crippen LogP contribution in [-0.4, -0.2) is 47.3 Å². The van der Waals surface area contributed by atoms with Crippen LogP contribution in [0.15, 0.2) is 61.1 Å². The molecule has 3 heterocycles. The van der Waals surface area contributed by atoms with E-state index in [0.29, 0.717) is 0 Å². The predicted molar refractivity (Wildman–Crippen MR) is 110 cm³/mol. The molecular weight excluding hydrogens is 391 g/mol. The van der Waals surface area contributed by atoms with Crippen molar-refractivity contribution in [3.8, 4) is 22.4 Å². The zero-order chi connectivity index (χ0) is 21.0. The number of halogens is 3. The van der Waals surface area contributed by atoms with Gasteiger partial charge in [-0.3, -0.25) is 9.88 Å². The van der Waals surface area contributed by atoms with Crippen molar-refractivity contribution in [3.63, 3.8) is 0 Å². The molecule has 0 atom stereocenters. The average Bonchev–Trinajstić information content (AvgIpc) is 3.18. The normalized spacial score (nSPS) is 15.4. The number of hydrogen-bond acceptors (Lipinski definition) is 3. The van der Waals surface area contributed by atoms with E-state index < -0.39 is 11.7 Å². The van der Waals surface area contributed by atoms with Gasteiger partial charge < -0.3 is 9.30 Å². The minimum Gasteiger partial charge on any atom is -0.379 e. The predicted octanol–water partition coefficient (Wildman–Crippen LogP) is 4.96. The number of aromatic nitrogens is 2. The van der Waals surface area contributed by atoms with Crippen LogP contribution >= 0.6 is 0 Å². The van der Waals surface area contributed by atoms with E-state index in [4.69, 9.17) is 4.74 Å². The third-order valence-electron chi connectivity index (χ3n) is 5.42. The van der Waals surface area contributed by atoms with Crippen LogP contribution in [0.5, 0.6) is 0 Å². The first kappa shape index (κ1) is 20.6. The summed E-state index contributed by atoms with van der Waals surface area (Å²) >= 11 is 0. The Hall–Kier alpha value is -2.64. The van der Waals surface area contributed by atoms with Crippen molar-refractivity contribution in [2.45, 2.75) is 19.1 Å². The zero-order valence-corrected chi connectivity index (χ0v) is 16.6. The molecule has 0 saturated carbocycles. The fraction of sp³-hybridized carbons (Fsp3) is 0.348. The number of hydrogen-bond donors (Lipinski definition) is 0. The number of aryl methyl sites for hydroxylation is 1. The van der Waals surface area contributed by atoms with Crippen molar-refractivity contribution in [1.82, 2.24) is 14.5 Å². The van der Waals surface area contributed by atoms with Gasteiger partial charge in [-0.05, 0) is 42.3 Å². The summed E-state index contributed by atoms with van der Waals surface area (Å²) in [5.41, 5.74) is 3.04. The molecule has 2 aromatic heterocycles. The van der Waals surface area contributed by atoms with Gasteiger partial charge in [-0.1, -0.05) is 12.1 Å². The standard InChI is InChI=1S/C23H24F3N3O/c24-23(25,26)20-4-2-18(3-5-20)21-8-13-29(22(21)19-6-9-27-10-7-19)12-1-11-28-14-16-30-17-15-28/h2-10,13H,1,11-12,14-17H2. The molecule has 1 saturated heterocycles. The van der Waals surface area contributed by atoms with E-state index in [1.165, 1.54) is 0 Å². The molecule has 0 N–H and O–H groups in total. The molecule has 0 unspecified atom stereocenters. The van der Waals surface area contributed by atoms with Gasteiger partial charge in [0.1, 0.15) is 0 Å². The first-order chi connectivity index (χ1) is 14.5. The number of nitrogens with zero attached hydrogens (tertiary/aromatic N) is 3. The molecule has 1 fully saturated rings. The van der Waals surface area contributed by atoms with E-state index >= 15 is 0 Å². The van der Waals surface area contributed by atoms with E-state index in [9.17, 15) is 13.2 Å². The van der Waals surface area contributed by atoms with E-state index in [2.05, 4.69) is 14.5 Å². The molecule has 7 heteroatoms. The van der Waals surface area contributed by atoms with Gasteiger partial charge >= 0.3 is 6.18 Å². The molecule has 0 aliphatic carbocycles. The lowest BCUT2D eigenvalue weighted by Crippen LogP contribution is -2.37. The van der Waals surface area contributed by atoms with Gasteiger partial charge in [-0.2, -0.15) is 13.2 Å². The van der Waals surface area contributed by atoms with Crippen molar-refractivity contribution < 1.29 is 17.9 Å². The Kier molecular flexibility index (Phi) is 6.20. The van der Waals surface area contributed by atoms with E-state index in [-0.39, 0.29) is 0 Å². The fourth-order valence-electron chi connectivity index (χ4n) is 3.85. The van der Waals surface area contributed by atoms with E-state index in [1.807, 2.05) is 24.4 Å². The van der Waals surface area contributed by atoms with Crippen LogP contribution in [0.2, 0.25) is 0 Å². The summed E-state index contributed by atoms with van der Waals surface area (Å²) < 4.78 is 46.4. The Bertz CT molecular complexity index is 946. The lowest BCUT2D eigenvalue weighted by Gasteiger charge is -2.26. The van der Waals surface area contributed by atoms with E-state index in [0.717, 1.165) is 80.3 Å². The molecule has 0 spiro atoms. The van der Waals surface area contributed by atoms with E-state index in [1.54, 1.807) is 24.5 Å². The molecule has 158 valence electrons. The minimum absolute atomic E-state index is 0.637. The molecule has 1 aromatic carbocycles. The van der Waals surface area contributed by atoms with Crippen molar-refractivity contribution in [2.24, 2.45) is 0 Å². The number of ether oxygens (including phenoxy) is 1. The molecule has 3 aromatic rings. The van der Waals surface area contributed by atoms with Crippen molar-refractivity contribution in [3.05, 3.63) is 66.6 Å². The highest BCUT2D eigenvalue weighted by Gasteiger charge is 2.30. The molecular formula is C23H24F3N3O. The van der Waals surface area contributed by atoms with Crippen LogP contribution in [0.25, 0.3) is 22.4 Å².